The van der Waals surface area contributed by atoms with Gasteiger partial charge in [0, 0.05) is 19.6 Å². The molecule has 0 radical (unpaired) electrons. The van der Waals surface area contributed by atoms with Crippen LogP contribution in [-0.4, -0.2) is 53.6 Å². The van der Waals surface area contributed by atoms with Crippen molar-refractivity contribution < 1.29 is 14.6 Å². The van der Waals surface area contributed by atoms with Gasteiger partial charge in [0.1, 0.15) is 6.17 Å². The molecule has 2 N–H and O–H groups in total. The van der Waals surface area contributed by atoms with E-state index in [1.807, 2.05) is 4.90 Å². The highest BCUT2D eigenvalue weighted by Crippen LogP contribution is 2.12. The maximum absolute atomic E-state index is 12.8. The number of nitrogens with zero attached hydrogens (tertiary/aromatic N) is 1. The zero-order chi connectivity index (χ0) is 8.27. The molecular weight excluding hydrogens is 149 g/mol. The quantitative estimate of drug-likeness (QED) is 0.570. The number of aliphatic hydroxyl groups is 2. The van der Waals surface area contributed by atoms with Gasteiger partial charge in [-0.15, -0.1) is 0 Å². The summed E-state index contributed by atoms with van der Waals surface area (Å²) in [6.07, 6.45) is -1.47. The molecule has 1 aliphatic rings. The molecule has 1 heterocycles. The number of halogens is 1. The lowest BCUT2D eigenvalue weighted by atomic mass is 10.1. The van der Waals surface area contributed by atoms with Gasteiger partial charge in [-0.1, -0.05) is 0 Å². The topological polar surface area (TPSA) is 43.7 Å². The minimum Gasteiger partial charge on any atom is -0.395 e. The van der Waals surface area contributed by atoms with Gasteiger partial charge in [0.25, 0.3) is 0 Å². The number of alkyl halides is 1. The standard InChI is InChI=1S/C7H14FNO2/c8-6-5-9(3-4-10)2-1-7(6)11/h6-7,10-11H,1-5H2. The van der Waals surface area contributed by atoms with E-state index in [4.69, 9.17) is 10.2 Å². The number of aliphatic hydroxyl groups excluding tert-OH is 2. The molecule has 0 aromatic heterocycles. The SMILES string of the molecule is OCCN1CCC(O)C(F)C1. The van der Waals surface area contributed by atoms with Crippen molar-refractivity contribution in [3.05, 3.63) is 0 Å². The van der Waals surface area contributed by atoms with Gasteiger partial charge in [-0.25, -0.2) is 4.39 Å². The highest BCUT2D eigenvalue weighted by molar-refractivity contribution is 4.79. The predicted molar refractivity (Wildman–Crippen MR) is 39.0 cm³/mol. The monoisotopic (exact) mass is 163 g/mol. The van der Waals surface area contributed by atoms with Gasteiger partial charge in [-0.2, -0.15) is 0 Å². The number of piperidine rings is 1. The average molecular weight is 163 g/mol. The van der Waals surface area contributed by atoms with E-state index in [1.165, 1.54) is 0 Å². The van der Waals surface area contributed by atoms with Crippen molar-refractivity contribution in [3.8, 4) is 0 Å². The molecule has 2 unspecified atom stereocenters. The Balaban J connectivity index is 2.28. The summed E-state index contributed by atoms with van der Waals surface area (Å²) in [6, 6.07) is 0. The zero-order valence-electron chi connectivity index (χ0n) is 6.41. The molecule has 0 bridgehead atoms. The molecule has 1 aliphatic heterocycles. The van der Waals surface area contributed by atoms with Crippen LogP contribution in [0.1, 0.15) is 6.42 Å². The summed E-state index contributed by atoms with van der Waals surface area (Å²) >= 11 is 0. The van der Waals surface area contributed by atoms with E-state index in [9.17, 15) is 4.39 Å². The fraction of sp³-hybridized carbons (Fsp3) is 1.00. The molecule has 1 fully saturated rings. The Morgan fingerprint density at radius 3 is 2.82 bits per heavy atom. The second-order valence-corrected chi connectivity index (χ2v) is 2.90. The molecule has 0 saturated carbocycles. The fourth-order valence-electron chi connectivity index (χ4n) is 1.30. The summed E-state index contributed by atoms with van der Waals surface area (Å²) in [5.74, 6) is 0. The molecule has 66 valence electrons. The molecule has 0 spiro atoms. The molecule has 0 amide bonds. The summed E-state index contributed by atoms with van der Waals surface area (Å²) in [5.41, 5.74) is 0. The van der Waals surface area contributed by atoms with Crippen LogP contribution >= 0.6 is 0 Å². The Kier molecular flexibility index (Phi) is 3.23. The molecule has 0 aromatic carbocycles. The minimum absolute atomic E-state index is 0.0583. The Bertz CT molecular complexity index is 123. The van der Waals surface area contributed by atoms with Crippen molar-refractivity contribution in [2.45, 2.75) is 18.7 Å². The molecule has 11 heavy (non-hydrogen) atoms. The van der Waals surface area contributed by atoms with Crippen molar-refractivity contribution in [1.82, 2.24) is 4.90 Å². The van der Waals surface area contributed by atoms with Gasteiger partial charge in [-0.05, 0) is 6.42 Å². The Morgan fingerprint density at radius 1 is 1.55 bits per heavy atom. The van der Waals surface area contributed by atoms with Gasteiger partial charge < -0.3 is 10.2 Å². The van der Waals surface area contributed by atoms with Gasteiger partial charge >= 0.3 is 0 Å². The van der Waals surface area contributed by atoms with Crippen LogP contribution in [0.15, 0.2) is 0 Å². The summed E-state index contributed by atoms with van der Waals surface area (Å²) in [5, 5.41) is 17.5. The molecule has 4 heteroatoms. The number of hydrogen-bond donors (Lipinski definition) is 2. The third-order valence-electron chi connectivity index (χ3n) is 2.01. The first-order valence-corrected chi connectivity index (χ1v) is 3.89. The molecule has 1 saturated heterocycles. The Labute approximate surface area is 65.4 Å². The summed E-state index contributed by atoms with van der Waals surface area (Å²) in [7, 11) is 0. The minimum atomic E-state index is -1.14. The second-order valence-electron chi connectivity index (χ2n) is 2.90. The van der Waals surface area contributed by atoms with Crippen molar-refractivity contribution in [2.75, 3.05) is 26.2 Å². The lowest BCUT2D eigenvalue weighted by Crippen LogP contribution is -2.45. The van der Waals surface area contributed by atoms with E-state index in [0.717, 1.165) is 0 Å². The molecule has 2 atom stereocenters. The zero-order valence-corrected chi connectivity index (χ0v) is 6.41. The Hall–Kier alpha value is -0.190. The van der Waals surface area contributed by atoms with Crippen molar-refractivity contribution in [3.63, 3.8) is 0 Å². The lowest BCUT2D eigenvalue weighted by molar-refractivity contribution is 0.00223. The predicted octanol–water partition coefficient (Wildman–Crippen LogP) is -0.617. The maximum Gasteiger partial charge on any atom is 0.138 e. The van der Waals surface area contributed by atoms with Crippen LogP contribution < -0.4 is 0 Å². The molecular formula is C7H14FNO2. The highest BCUT2D eigenvalue weighted by Gasteiger charge is 2.26. The van der Waals surface area contributed by atoms with Crippen LogP contribution in [-0.2, 0) is 0 Å². The van der Waals surface area contributed by atoms with Gasteiger partial charge in [-0.3, -0.25) is 4.90 Å². The van der Waals surface area contributed by atoms with E-state index >= 15 is 0 Å². The van der Waals surface area contributed by atoms with Crippen LogP contribution in [0.4, 0.5) is 4.39 Å². The highest BCUT2D eigenvalue weighted by atomic mass is 19.1. The molecule has 1 rings (SSSR count). The third kappa shape index (κ3) is 2.39. The van der Waals surface area contributed by atoms with E-state index in [2.05, 4.69) is 0 Å². The number of likely N-dealkylation sites (tertiary alicyclic amines) is 1. The first kappa shape index (κ1) is 8.90. The molecule has 0 aromatic rings. The summed E-state index contributed by atoms with van der Waals surface area (Å²) in [6.45, 7) is 1.50. The smallest absolute Gasteiger partial charge is 0.138 e. The average Bonchev–Trinajstić information content (AvgIpc) is 1.98. The Morgan fingerprint density at radius 2 is 2.27 bits per heavy atom. The third-order valence-corrected chi connectivity index (χ3v) is 2.01. The van der Waals surface area contributed by atoms with E-state index in [-0.39, 0.29) is 13.2 Å². The molecule has 3 nitrogen and oxygen atoms in total. The van der Waals surface area contributed by atoms with Crippen molar-refractivity contribution in [2.24, 2.45) is 0 Å². The number of β-amino-alcohol motifs (C(OH)–C–C–N with tert-alkyl or cyclic N) is 1. The maximum atomic E-state index is 12.8. The van der Waals surface area contributed by atoms with Gasteiger partial charge in [0.05, 0.1) is 12.7 Å². The van der Waals surface area contributed by atoms with Crippen LogP contribution in [0.3, 0.4) is 0 Å². The first-order valence-electron chi connectivity index (χ1n) is 3.89. The second kappa shape index (κ2) is 3.99. The van der Waals surface area contributed by atoms with E-state index in [1.54, 1.807) is 0 Å². The number of hydrogen-bond acceptors (Lipinski definition) is 3. The normalized spacial score (nSPS) is 34.1. The molecule has 0 aliphatic carbocycles. The van der Waals surface area contributed by atoms with E-state index in [0.29, 0.717) is 19.5 Å². The van der Waals surface area contributed by atoms with Gasteiger partial charge in [0.15, 0.2) is 0 Å². The van der Waals surface area contributed by atoms with E-state index < -0.39 is 12.3 Å². The fourth-order valence-corrected chi connectivity index (χ4v) is 1.30. The van der Waals surface area contributed by atoms with Crippen LogP contribution in [0.2, 0.25) is 0 Å². The largest absolute Gasteiger partial charge is 0.395 e. The van der Waals surface area contributed by atoms with Crippen LogP contribution in [0.25, 0.3) is 0 Å². The summed E-state index contributed by atoms with van der Waals surface area (Å²) < 4.78 is 12.8. The first-order chi connectivity index (χ1) is 5.24. The van der Waals surface area contributed by atoms with Crippen molar-refractivity contribution in [1.29, 1.82) is 0 Å². The van der Waals surface area contributed by atoms with Crippen molar-refractivity contribution >= 4 is 0 Å². The van der Waals surface area contributed by atoms with Crippen LogP contribution in [0.5, 0.6) is 0 Å². The van der Waals surface area contributed by atoms with Gasteiger partial charge in [0.2, 0.25) is 0 Å². The van der Waals surface area contributed by atoms with Crippen LogP contribution in [0, 0.1) is 0 Å². The lowest BCUT2D eigenvalue weighted by Gasteiger charge is -2.31. The summed E-state index contributed by atoms with van der Waals surface area (Å²) in [4.78, 5) is 1.82. The number of rotatable bonds is 2.